The molecule has 2 heterocycles. The first-order valence-electron chi connectivity index (χ1n) is 10.7. The van der Waals surface area contributed by atoms with Crippen LogP contribution in [0.2, 0.25) is 0 Å². The van der Waals surface area contributed by atoms with Crippen LogP contribution in [0, 0.1) is 6.92 Å². The third-order valence-electron chi connectivity index (χ3n) is 5.59. The lowest BCUT2D eigenvalue weighted by Gasteiger charge is -2.22. The van der Waals surface area contributed by atoms with Gasteiger partial charge in [-0.2, -0.15) is 0 Å². The molecule has 2 aromatic carbocycles. The second-order valence-electron chi connectivity index (χ2n) is 7.74. The number of aromatic hydroxyl groups is 1. The average molecular weight is 483 g/mol. The van der Waals surface area contributed by atoms with Gasteiger partial charge < -0.3 is 38.5 Å². The number of benzene rings is 2. The Labute approximate surface area is 200 Å². The Morgan fingerprint density at radius 1 is 1.06 bits per heavy atom. The Morgan fingerprint density at radius 3 is 2.40 bits per heavy atom. The molecule has 3 aromatic rings. The Hall–Kier alpha value is -4.34. The second-order valence-corrected chi connectivity index (χ2v) is 7.74. The lowest BCUT2D eigenvalue weighted by atomic mass is 9.87. The van der Waals surface area contributed by atoms with Crippen LogP contribution in [0.15, 0.2) is 45.6 Å². The maximum Gasteiger partial charge on any atom is 0.343 e. The van der Waals surface area contributed by atoms with E-state index in [4.69, 9.17) is 28.1 Å². The van der Waals surface area contributed by atoms with Gasteiger partial charge in [0.05, 0.1) is 26.9 Å². The monoisotopic (exact) mass is 483 g/mol. The van der Waals surface area contributed by atoms with E-state index in [1.54, 1.807) is 44.4 Å². The van der Waals surface area contributed by atoms with Crippen LogP contribution in [0.4, 0.5) is 5.69 Å². The molecule has 0 saturated carbocycles. The number of amides is 1. The number of anilines is 1. The highest BCUT2D eigenvalue weighted by Gasteiger charge is 2.34. The molecule has 0 spiro atoms. The molecule has 1 atom stereocenters. The van der Waals surface area contributed by atoms with Gasteiger partial charge in [-0.3, -0.25) is 4.79 Å². The number of rotatable bonds is 8. The van der Waals surface area contributed by atoms with Gasteiger partial charge in [-0.25, -0.2) is 4.79 Å². The molecule has 0 fully saturated rings. The number of fused-ring (bicyclic) bond motifs is 1. The van der Waals surface area contributed by atoms with E-state index in [2.05, 4.69) is 5.32 Å². The third kappa shape index (κ3) is 4.68. The molecule has 184 valence electrons. The minimum absolute atomic E-state index is 0.0496. The maximum atomic E-state index is 13.1. The largest absolute Gasteiger partial charge is 0.507 e. The molecule has 4 rings (SSSR count). The van der Waals surface area contributed by atoms with E-state index in [0.717, 1.165) is 0 Å². The summed E-state index contributed by atoms with van der Waals surface area (Å²) in [7, 11) is 4.43. The molecule has 10 nitrogen and oxygen atoms in total. The van der Waals surface area contributed by atoms with E-state index in [1.807, 2.05) is 0 Å². The van der Waals surface area contributed by atoms with Crippen molar-refractivity contribution in [3.8, 4) is 34.5 Å². The smallest absolute Gasteiger partial charge is 0.343 e. The summed E-state index contributed by atoms with van der Waals surface area (Å²) in [6.45, 7) is 1.49. The fourth-order valence-corrected chi connectivity index (χ4v) is 4.02. The van der Waals surface area contributed by atoms with Gasteiger partial charge in [0.2, 0.25) is 24.2 Å². The standard InChI is InChI=1S/C25H25NO9/c1-13-9-18(27)21(25(29)35-13)16(11-20(28)26-14-5-7-15(30-2)8-6-14)17-10-19(31-3)23-24(22(17)32-4)34-12-33-23/h5-10,16,27H,11-12H2,1-4H3,(H,26,28). The third-order valence-corrected chi connectivity index (χ3v) is 5.59. The van der Waals surface area contributed by atoms with Crippen molar-refractivity contribution in [2.45, 2.75) is 19.3 Å². The molecule has 10 heteroatoms. The molecule has 1 unspecified atom stereocenters. The topological polar surface area (TPSA) is 126 Å². The van der Waals surface area contributed by atoms with Gasteiger partial charge in [-0.05, 0) is 37.3 Å². The van der Waals surface area contributed by atoms with E-state index in [0.29, 0.717) is 28.5 Å². The van der Waals surface area contributed by atoms with Crippen molar-refractivity contribution in [1.29, 1.82) is 0 Å². The predicted octanol–water partition coefficient (Wildman–Crippen LogP) is 3.57. The van der Waals surface area contributed by atoms with Crippen molar-refractivity contribution in [1.82, 2.24) is 0 Å². The van der Waals surface area contributed by atoms with E-state index in [9.17, 15) is 14.7 Å². The number of ether oxygens (including phenoxy) is 5. The number of nitrogens with one attached hydrogen (secondary N) is 1. The number of aryl methyl sites for hydroxylation is 1. The molecule has 0 saturated heterocycles. The SMILES string of the molecule is COc1ccc(NC(=O)CC(c2cc(OC)c3c(c2OC)OCO3)c2c(O)cc(C)oc2=O)cc1. The van der Waals surface area contributed by atoms with E-state index in [1.165, 1.54) is 20.3 Å². The molecule has 0 aliphatic carbocycles. The number of methoxy groups -OCH3 is 3. The van der Waals surface area contributed by atoms with Gasteiger partial charge in [-0.15, -0.1) is 0 Å². The van der Waals surface area contributed by atoms with Gasteiger partial charge in [0.25, 0.3) is 0 Å². The van der Waals surface area contributed by atoms with Crippen molar-refractivity contribution in [3.63, 3.8) is 0 Å². The lowest BCUT2D eigenvalue weighted by molar-refractivity contribution is -0.116. The van der Waals surface area contributed by atoms with Crippen LogP contribution in [0.3, 0.4) is 0 Å². The van der Waals surface area contributed by atoms with Gasteiger partial charge in [-0.1, -0.05) is 0 Å². The van der Waals surface area contributed by atoms with Gasteiger partial charge >= 0.3 is 5.63 Å². The normalized spacial score (nSPS) is 12.7. The minimum atomic E-state index is -0.969. The summed E-state index contributed by atoms with van der Waals surface area (Å²) in [6.07, 6.45) is -0.230. The van der Waals surface area contributed by atoms with Gasteiger partial charge in [0.15, 0.2) is 11.5 Å². The first-order chi connectivity index (χ1) is 16.9. The molecule has 0 bridgehead atoms. The van der Waals surface area contributed by atoms with E-state index >= 15 is 0 Å². The number of carbonyl (C=O) groups excluding carboxylic acids is 1. The number of hydrogen-bond acceptors (Lipinski definition) is 9. The predicted molar refractivity (Wildman–Crippen MR) is 125 cm³/mol. The van der Waals surface area contributed by atoms with Crippen LogP contribution >= 0.6 is 0 Å². The van der Waals surface area contributed by atoms with Crippen LogP contribution in [-0.4, -0.2) is 39.1 Å². The molecule has 1 aromatic heterocycles. The molecule has 35 heavy (non-hydrogen) atoms. The summed E-state index contributed by atoms with van der Waals surface area (Å²) in [5, 5.41) is 13.5. The maximum absolute atomic E-state index is 13.1. The van der Waals surface area contributed by atoms with Crippen molar-refractivity contribution in [3.05, 3.63) is 63.7 Å². The van der Waals surface area contributed by atoms with Crippen molar-refractivity contribution >= 4 is 11.6 Å². The first kappa shape index (κ1) is 23.8. The molecule has 0 radical (unpaired) electrons. The summed E-state index contributed by atoms with van der Waals surface area (Å²) in [5.74, 6) is 0.368. The van der Waals surface area contributed by atoms with Crippen LogP contribution in [0.25, 0.3) is 0 Å². The second kappa shape index (κ2) is 9.88. The Kier molecular flexibility index (Phi) is 6.72. The zero-order chi connectivity index (χ0) is 25.1. The van der Waals surface area contributed by atoms with Crippen LogP contribution in [-0.2, 0) is 4.79 Å². The molecule has 2 N–H and O–H groups in total. The molecular weight excluding hydrogens is 458 g/mol. The fraction of sp³-hybridized carbons (Fsp3) is 0.280. The highest BCUT2D eigenvalue weighted by atomic mass is 16.7. The zero-order valence-corrected chi connectivity index (χ0v) is 19.7. The zero-order valence-electron chi connectivity index (χ0n) is 19.7. The highest BCUT2D eigenvalue weighted by molar-refractivity contribution is 5.92. The van der Waals surface area contributed by atoms with Crippen molar-refractivity contribution in [2.24, 2.45) is 0 Å². The molecular formula is C25H25NO9. The summed E-state index contributed by atoms with van der Waals surface area (Å²) < 4.78 is 32.5. The van der Waals surface area contributed by atoms with Gasteiger partial charge in [0.1, 0.15) is 17.3 Å². The first-order valence-corrected chi connectivity index (χ1v) is 10.7. The summed E-state index contributed by atoms with van der Waals surface area (Å²) in [4.78, 5) is 26.0. The quantitative estimate of drug-likeness (QED) is 0.494. The Bertz CT molecular complexity index is 1300. The summed E-state index contributed by atoms with van der Waals surface area (Å²) >= 11 is 0. The van der Waals surface area contributed by atoms with E-state index in [-0.39, 0.29) is 41.8 Å². The minimum Gasteiger partial charge on any atom is -0.507 e. The number of carbonyl (C=O) groups is 1. The Balaban J connectivity index is 1.80. The average Bonchev–Trinajstić information content (AvgIpc) is 3.32. The van der Waals surface area contributed by atoms with Crippen molar-refractivity contribution in [2.75, 3.05) is 33.4 Å². The molecule has 1 amide bonds. The van der Waals surface area contributed by atoms with Crippen LogP contribution in [0.5, 0.6) is 34.5 Å². The van der Waals surface area contributed by atoms with Crippen molar-refractivity contribution < 1.29 is 38.0 Å². The van der Waals surface area contributed by atoms with Crippen LogP contribution < -0.4 is 34.6 Å². The van der Waals surface area contributed by atoms with Gasteiger partial charge in [0, 0.05) is 29.7 Å². The van der Waals surface area contributed by atoms with E-state index < -0.39 is 17.5 Å². The lowest BCUT2D eigenvalue weighted by Crippen LogP contribution is -2.21. The fourth-order valence-electron chi connectivity index (χ4n) is 4.02. The Morgan fingerprint density at radius 2 is 1.77 bits per heavy atom. The number of hydrogen-bond donors (Lipinski definition) is 2. The van der Waals surface area contributed by atoms with Crippen LogP contribution in [0.1, 0.15) is 29.2 Å². The summed E-state index contributed by atoms with van der Waals surface area (Å²) in [6, 6.07) is 9.71. The molecule has 1 aliphatic heterocycles. The molecule has 1 aliphatic rings. The highest BCUT2D eigenvalue weighted by Crippen LogP contribution is 2.52. The summed E-state index contributed by atoms with van der Waals surface area (Å²) in [5.41, 5.74) is 0.0398.